The van der Waals surface area contributed by atoms with Gasteiger partial charge >= 0.3 is 0 Å². The molecule has 21 heavy (non-hydrogen) atoms. The van der Waals surface area contributed by atoms with Crippen molar-refractivity contribution in [1.29, 1.82) is 0 Å². The van der Waals surface area contributed by atoms with Gasteiger partial charge in [0.05, 0.1) is 19.3 Å². The highest BCUT2D eigenvalue weighted by Crippen LogP contribution is 2.23. The number of nitrogens with one attached hydrogen (secondary N) is 1. The van der Waals surface area contributed by atoms with Gasteiger partial charge in [-0.1, -0.05) is 36.4 Å². The van der Waals surface area contributed by atoms with Crippen molar-refractivity contribution in [2.45, 2.75) is 25.3 Å². The maximum atomic E-state index is 9.76. The minimum Gasteiger partial charge on any atom is -0.497 e. The molecule has 1 atom stereocenters. The summed E-state index contributed by atoms with van der Waals surface area (Å²) >= 11 is 0. The minimum absolute atomic E-state index is 0.0804. The van der Waals surface area contributed by atoms with Crippen LogP contribution in [0.2, 0.25) is 0 Å². The van der Waals surface area contributed by atoms with Gasteiger partial charge in [0.1, 0.15) is 5.75 Å². The number of aliphatic hydroxyl groups is 1. The molecule has 3 nitrogen and oxygen atoms in total. The van der Waals surface area contributed by atoms with Crippen molar-refractivity contribution >= 4 is 5.69 Å². The number of hydrogen-bond acceptors (Lipinski definition) is 3. The first kappa shape index (κ1) is 15.4. The zero-order chi connectivity index (χ0) is 15.1. The predicted molar refractivity (Wildman–Crippen MR) is 86.9 cm³/mol. The Labute approximate surface area is 126 Å². The minimum atomic E-state index is -0.359. The van der Waals surface area contributed by atoms with Crippen molar-refractivity contribution in [2.75, 3.05) is 19.0 Å². The highest BCUT2D eigenvalue weighted by atomic mass is 16.5. The summed E-state index contributed by atoms with van der Waals surface area (Å²) in [6.45, 7) is 2.12. The normalized spacial score (nSPS) is 13.5. The molecule has 0 heterocycles. The number of aryl methyl sites for hydroxylation is 1. The molecule has 0 saturated carbocycles. The van der Waals surface area contributed by atoms with E-state index in [0.29, 0.717) is 0 Å². The van der Waals surface area contributed by atoms with Crippen molar-refractivity contribution in [3.8, 4) is 5.75 Å². The van der Waals surface area contributed by atoms with Crippen LogP contribution in [-0.4, -0.2) is 24.4 Å². The SMILES string of the molecule is COc1cccc(NC(C)(CO)CCc2ccccc2)c1. The molecule has 3 heteroatoms. The number of rotatable bonds is 7. The topological polar surface area (TPSA) is 41.5 Å². The fourth-order valence-electron chi connectivity index (χ4n) is 2.30. The van der Waals surface area contributed by atoms with Crippen LogP contribution in [0.5, 0.6) is 5.75 Å². The second kappa shape index (κ2) is 7.14. The van der Waals surface area contributed by atoms with E-state index in [2.05, 4.69) is 17.4 Å². The van der Waals surface area contributed by atoms with Crippen LogP contribution in [0.4, 0.5) is 5.69 Å². The fourth-order valence-corrected chi connectivity index (χ4v) is 2.30. The van der Waals surface area contributed by atoms with Gasteiger partial charge in [-0.15, -0.1) is 0 Å². The first-order chi connectivity index (χ1) is 10.1. The average Bonchev–Trinajstić information content (AvgIpc) is 2.54. The van der Waals surface area contributed by atoms with E-state index in [1.54, 1.807) is 7.11 Å². The molecule has 0 amide bonds. The summed E-state index contributed by atoms with van der Waals surface area (Å²) in [5.41, 5.74) is 1.88. The zero-order valence-corrected chi connectivity index (χ0v) is 12.7. The highest BCUT2D eigenvalue weighted by Gasteiger charge is 2.22. The second-order valence-electron chi connectivity index (χ2n) is 5.56. The van der Waals surface area contributed by atoms with Crippen molar-refractivity contribution < 1.29 is 9.84 Å². The van der Waals surface area contributed by atoms with E-state index in [1.165, 1.54) is 5.56 Å². The third kappa shape index (κ3) is 4.50. The molecule has 2 rings (SSSR count). The first-order valence-electron chi connectivity index (χ1n) is 7.22. The van der Waals surface area contributed by atoms with Crippen molar-refractivity contribution in [3.63, 3.8) is 0 Å². The highest BCUT2D eigenvalue weighted by molar-refractivity contribution is 5.50. The Morgan fingerprint density at radius 2 is 1.86 bits per heavy atom. The zero-order valence-electron chi connectivity index (χ0n) is 12.7. The average molecular weight is 285 g/mol. The van der Waals surface area contributed by atoms with E-state index in [0.717, 1.165) is 24.3 Å². The van der Waals surface area contributed by atoms with Crippen LogP contribution in [0.25, 0.3) is 0 Å². The number of benzene rings is 2. The van der Waals surface area contributed by atoms with Crippen LogP contribution in [0.15, 0.2) is 54.6 Å². The molecule has 0 aliphatic rings. The summed E-state index contributed by atoms with van der Waals surface area (Å²) in [5.74, 6) is 0.809. The largest absolute Gasteiger partial charge is 0.497 e. The Hall–Kier alpha value is -2.00. The van der Waals surface area contributed by atoms with Crippen LogP contribution < -0.4 is 10.1 Å². The van der Waals surface area contributed by atoms with Crippen molar-refractivity contribution in [2.24, 2.45) is 0 Å². The Kier molecular flexibility index (Phi) is 5.23. The van der Waals surface area contributed by atoms with Crippen molar-refractivity contribution in [1.82, 2.24) is 0 Å². The smallest absolute Gasteiger partial charge is 0.120 e. The van der Waals surface area contributed by atoms with Crippen LogP contribution in [0, 0.1) is 0 Å². The van der Waals surface area contributed by atoms with Crippen LogP contribution >= 0.6 is 0 Å². The molecule has 0 bridgehead atoms. The molecule has 0 fully saturated rings. The number of aliphatic hydroxyl groups excluding tert-OH is 1. The van der Waals surface area contributed by atoms with E-state index < -0.39 is 0 Å². The van der Waals surface area contributed by atoms with Gasteiger partial charge in [0.2, 0.25) is 0 Å². The lowest BCUT2D eigenvalue weighted by molar-refractivity contribution is 0.215. The lowest BCUT2D eigenvalue weighted by Crippen LogP contribution is -2.39. The maximum absolute atomic E-state index is 9.76. The van der Waals surface area contributed by atoms with Gasteiger partial charge in [0.25, 0.3) is 0 Å². The van der Waals surface area contributed by atoms with Gasteiger partial charge in [-0.2, -0.15) is 0 Å². The molecular formula is C18H23NO2. The standard InChI is InChI=1S/C18H23NO2/c1-18(14-20,12-11-15-7-4-3-5-8-15)19-16-9-6-10-17(13-16)21-2/h3-10,13,19-20H,11-12,14H2,1-2H3. The van der Waals surface area contributed by atoms with E-state index in [4.69, 9.17) is 4.74 Å². The van der Waals surface area contributed by atoms with Gasteiger partial charge in [0, 0.05) is 11.8 Å². The van der Waals surface area contributed by atoms with Gasteiger partial charge in [-0.25, -0.2) is 0 Å². The molecule has 0 aliphatic heterocycles. The number of ether oxygens (including phenoxy) is 1. The summed E-state index contributed by atoms with van der Waals surface area (Å²) in [5, 5.41) is 13.2. The predicted octanol–water partition coefficient (Wildman–Crippen LogP) is 3.49. The summed E-state index contributed by atoms with van der Waals surface area (Å²) < 4.78 is 5.23. The summed E-state index contributed by atoms with van der Waals surface area (Å²) in [4.78, 5) is 0. The van der Waals surface area contributed by atoms with Crippen molar-refractivity contribution in [3.05, 3.63) is 60.2 Å². The molecule has 0 saturated heterocycles. The summed E-state index contributed by atoms with van der Waals surface area (Å²) in [7, 11) is 1.65. The second-order valence-corrected chi connectivity index (χ2v) is 5.56. The maximum Gasteiger partial charge on any atom is 0.120 e. The molecule has 0 radical (unpaired) electrons. The summed E-state index contributed by atoms with van der Waals surface area (Å²) in [6, 6.07) is 18.1. The van der Waals surface area contributed by atoms with Gasteiger partial charge < -0.3 is 15.2 Å². The number of anilines is 1. The quantitative estimate of drug-likeness (QED) is 0.818. The van der Waals surface area contributed by atoms with E-state index in [1.807, 2.05) is 49.4 Å². The number of methoxy groups -OCH3 is 1. The Balaban J connectivity index is 2.02. The lowest BCUT2D eigenvalue weighted by Gasteiger charge is -2.30. The number of hydrogen-bond donors (Lipinski definition) is 2. The van der Waals surface area contributed by atoms with Crippen LogP contribution in [-0.2, 0) is 6.42 Å². The molecule has 112 valence electrons. The Bertz CT molecular complexity index is 556. The molecule has 1 unspecified atom stereocenters. The lowest BCUT2D eigenvalue weighted by atomic mass is 9.93. The van der Waals surface area contributed by atoms with Crippen LogP contribution in [0.1, 0.15) is 18.9 Å². The van der Waals surface area contributed by atoms with Gasteiger partial charge in [-0.05, 0) is 37.5 Å². The first-order valence-corrected chi connectivity index (χ1v) is 7.22. The molecule has 0 aliphatic carbocycles. The van der Waals surface area contributed by atoms with E-state index >= 15 is 0 Å². The van der Waals surface area contributed by atoms with E-state index in [-0.39, 0.29) is 12.1 Å². The van der Waals surface area contributed by atoms with Gasteiger partial charge in [0.15, 0.2) is 0 Å². The Morgan fingerprint density at radius 3 is 2.52 bits per heavy atom. The third-order valence-corrected chi connectivity index (χ3v) is 3.67. The molecule has 0 spiro atoms. The molecular weight excluding hydrogens is 262 g/mol. The summed E-state index contributed by atoms with van der Waals surface area (Å²) in [6.07, 6.45) is 1.78. The molecule has 2 aromatic rings. The monoisotopic (exact) mass is 285 g/mol. The fraction of sp³-hybridized carbons (Fsp3) is 0.333. The Morgan fingerprint density at radius 1 is 1.10 bits per heavy atom. The van der Waals surface area contributed by atoms with Gasteiger partial charge in [-0.3, -0.25) is 0 Å². The molecule has 2 aromatic carbocycles. The molecule has 0 aromatic heterocycles. The molecule has 2 N–H and O–H groups in total. The third-order valence-electron chi connectivity index (χ3n) is 3.67. The van der Waals surface area contributed by atoms with E-state index in [9.17, 15) is 5.11 Å². The van der Waals surface area contributed by atoms with Crippen LogP contribution in [0.3, 0.4) is 0 Å².